The van der Waals surface area contributed by atoms with Crippen molar-refractivity contribution in [2.24, 2.45) is 0 Å². The van der Waals surface area contributed by atoms with Gasteiger partial charge in [0.25, 0.3) is 0 Å². The summed E-state index contributed by atoms with van der Waals surface area (Å²) in [4.78, 5) is 25.3. The molecular weight excluding hydrogens is 312 g/mol. The van der Waals surface area contributed by atoms with Crippen LogP contribution in [0, 0.1) is 6.92 Å². The van der Waals surface area contributed by atoms with Crippen LogP contribution in [0.1, 0.15) is 36.5 Å². The Morgan fingerprint density at radius 2 is 1.76 bits per heavy atom. The molecule has 25 heavy (non-hydrogen) atoms. The van der Waals surface area contributed by atoms with Gasteiger partial charge < -0.3 is 9.80 Å². The quantitative estimate of drug-likeness (QED) is 0.860. The minimum absolute atomic E-state index is 0.150. The van der Waals surface area contributed by atoms with E-state index in [1.807, 2.05) is 17.9 Å². The molecule has 1 aliphatic heterocycles. The molecule has 1 aliphatic rings. The van der Waals surface area contributed by atoms with E-state index in [0.717, 1.165) is 56.4 Å². The number of nitrogens with zero attached hydrogens (tertiary/aromatic N) is 4. The summed E-state index contributed by atoms with van der Waals surface area (Å²) in [6.07, 6.45) is 1.73. The first-order valence-corrected chi connectivity index (χ1v) is 8.99. The van der Waals surface area contributed by atoms with Crippen molar-refractivity contribution in [2.45, 2.75) is 33.6 Å². The standard InChI is InChI=1S/C20H26N4O/c1-4-19-18(14-17-8-6-5-7-9-17)20(22-15(2)21-19)24-12-10-23(11-13-24)16(3)25/h5-9H,4,10-14H2,1-3H3. The molecule has 3 rings (SSSR count). The average molecular weight is 338 g/mol. The Bertz CT molecular complexity index is 737. The molecule has 2 aromatic rings. The van der Waals surface area contributed by atoms with Gasteiger partial charge in [-0.1, -0.05) is 37.3 Å². The van der Waals surface area contributed by atoms with Gasteiger partial charge in [-0.15, -0.1) is 0 Å². The number of aryl methyl sites for hydroxylation is 2. The van der Waals surface area contributed by atoms with E-state index in [-0.39, 0.29) is 5.91 Å². The van der Waals surface area contributed by atoms with Crippen molar-refractivity contribution in [1.82, 2.24) is 14.9 Å². The van der Waals surface area contributed by atoms with Crippen molar-refractivity contribution >= 4 is 11.7 Å². The van der Waals surface area contributed by atoms with Gasteiger partial charge >= 0.3 is 0 Å². The number of carbonyl (C=O) groups is 1. The first-order chi connectivity index (χ1) is 12.1. The maximum Gasteiger partial charge on any atom is 0.219 e. The molecule has 0 saturated carbocycles. The molecule has 0 bridgehead atoms. The molecule has 0 atom stereocenters. The molecule has 132 valence electrons. The van der Waals surface area contributed by atoms with E-state index in [0.29, 0.717) is 0 Å². The van der Waals surface area contributed by atoms with Crippen LogP contribution in [0.15, 0.2) is 30.3 Å². The van der Waals surface area contributed by atoms with Gasteiger partial charge in [-0.3, -0.25) is 4.79 Å². The van der Waals surface area contributed by atoms with Crippen LogP contribution in [0.2, 0.25) is 0 Å². The molecule has 1 amide bonds. The summed E-state index contributed by atoms with van der Waals surface area (Å²) in [7, 11) is 0. The molecule has 0 N–H and O–H groups in total. The van der Waals surface area contributed by atoms with E-state index in [1.54, 1.807) is 6.92 Å². The number of hydrogen-bond donors (Lipinski definition) is 0. The molecule has 5 heteroatoms. The third-order valence-electron chi connectivity index (χ3n) is 4.77. The molecule has 0 unspecified atom stereocenters. The minimum atomic E-state index is 0.150. The smallest absolute Gasteiger partial charge is 0.219 e. The first kappa shape index (κ1) is 17.4. The van der Waals surface area contributed by atoms with Gasteiger partial charge in [0.05, 0.1) is 0 Å². The zero-order valence-electron chi connectivity index (χ0n) is 15.3. The molecule has 2 heterocycles. The van der Waals surface area contributed by atoms with Crippen LogP contribution in [0.5, 0.6) is 0 Å². The van der Waals surface area contributed by atoms with Crippen LogP contribution < -0.4 is 4.90 Å². The predicted octanol–water partition coefficient (Wildman–Crippen LogP) is 2.61. The SMILES string of the molecule is CCc1nc(C)nc(N2CCN(C(C)=O)CC2)c1Cc1ccccc1. The summed E-state index contributed by atoms with van der Waals surface area (Å²) in [5.41, 5.74) is 3.62. The third-order valence-corrected chi connectivity index (χ3v) is 4.77. The summed E-state index contributed by atoms with van der Waals surface area (Å²) in [5, 5.41) is 0. The minimum Gasteiger partial charge on any atom is -0.353 e. The van der Waals surface area contributed by atoms with Gasteiger partial charge in [0, 0.05) is 50.8 Å². The maximum atomic E-state index is 11.6. The first-order valence-electron chi connectivity index (χ1n) is 8.99. The highest BCUT2D eigenvalue weighted by Gasteiger charge is 2.23. The average Bonchev–Trinajstić information content (AvgIpc) is 2.63. The van der Waals surface area contributed by atoms with E-state index in [4.69, 9.17) is 4.98 Å². The fraction of sp³-hybridized carbons (Fsp3) is 0.450. The van der Waals surface area contributed by atoms with Crippen LogP contribution >= 0.6 is 0 Å². The number of rotatable bonds is 4. The largest absolute Gasteiger partial charge is 0.353 e. The number of hydrogen-bond acceptors (Lipinski definition) is 4. The number of piperazine rings is 1. The maximum absolute atomic E-state index is 11.6. The summed E-state index contributed by atoms with van der Waals surface area (Å²) in [6, 6.07) is 10.5. The van der Waals surface area contributed by atoms with Crippen LogP contribution in [-0.4, -0.2) is 47.0 Å². The number of benzene rings is 1. The van der Waals surface area contributed by atoms with Crippen LogP contribution in [0.25, 0.3) is 0 Å². The Morgan fingerprint density at radius 3 is 2.36 bits per heavy atom. The second kappa shape index (κ2) is 7.64. The van der Waals surface area contributed by atoms with Crippen molar-refractivity contribution in [3.8, 4) is 0 Å². The molecule has 0 radical (unpaired) electrons. The van der Waals surface area contributed by atoms with E-state index in [9.17, 15) is 4.79 Å². The van der Waals surface area contributed by atoms with E-state index >= 15 is 0 Å². The zero-order valence-corrected chi connectivity index (χ0v) is 15.3. The monoisotopic (exact) mass is 338 g/mol. The highest BCUT2D eigenvalue weighted by Crippen LogP contribution is 2.25. The van der Waals surface area contributed by atoms with Crippen molar-refractivity contribution in [3.63, 3.8) is 0 Å². The van der Waals surface area contributed by atoms with Gasteiger partial charge in [-0.25, -0.2) is 9.97 Å². The lowest BCUT2D eigenvalue weighted by molar-refractivity contribution is -0.129. The molecule has 1 saturated heterocycles. The Balaban J connectivity index is 1.92. The summed E-state index contributed by atoms with van der Waals surface area (Å²) < 4.78 is 0. The predicted molar refractivity (Wildman–Crippen MR) is 99.9 cm³/mol. The lowest BCUT2D eigenvalue weighted by atomic mass is 10.0. The summed E-state index contributed by atoms with van der Waals surface area (Å²) in [5.74, 6) is 2.01. The van der Waals surface area contributed by atoms with Gasteiger partial charge in [-0.2, -0.15) is 0 Å². The van der Waals surface area contributed by atoms with Crippen molar-refractivity contribution in [1.29, 1.82) is 0 Å². The fourth-order valence-corrected chi connectivity index (χ4v) is 3.41. The molecular formula is C20H26N4O. The summed E-state index contributed by atoms with van der Waals surface area (Å²) >= 11 is 0. The third kappa shape index (κ3) is 3.98. The number of amides is 1. The van der Waals surface area contributed by atoms with Crippen molar-refractivity contribution < 1.29 is 4.79 Å². The molecule has 5 nitrogen and oxygen atoms in total. The Kier molecular flexibility index (Phi) is 5.31. The lowest BCUT2D eigenvalue weighted by Crippen LogP contribution is -2.48. The highest BCUT2D eigenvalue weighted by molar-refractivity contribution is 5.73. The van der Waals surface area contributed by atoms with E-state index < -0.39 is 0 Å². The number of carbonyl (C=O) groups excluding carboxylic acids is 1. The van der Waals surface area contributed by atoms with Crippen molar-refractivity contribution in [3.05, 3.63) is 53.0 Å². The Hall–Kier alpha value is -2.43. The molecule has 1 aromatic heterocycles. The van der Waals surface area contributed by atoms with Crippen molar-refractivity contribution in [2.75, 3.05) is 31.1 Å². The van der Waals surface area contributed by atoms with Gasteiger partial charge in [-0.05, 0) is 18.9 Å². The van der Waals surface area contributed by atoms with Crippen LogP contribution in [-0.2, 0) is 17.6 Å². The van der Waals surface area contributed by atoms with Gasteiger partial charge in [0.2, 0.25) is 5.91 Å². The number of aromatic nitrogens is 2. The zero-order chi connectivity index (χ0) is 17.8. The normalized spacial score (nSPS) is 14.7. The summed E-state index contributed by atoms with van der Waals surface area (Å²) in [6.45, 7) is 8.90. The van der Waals surface area contributed by atoms with Crippen LogP contribution in [0.4, 0.5) is 5.82 Å². The Labute approximate surface area is 149 Å². The molecule has 0 spiro atoms. The molecule has 0 aliphatic carbocycles. The van der Waals surface area contributed by atoms with E-state index in [2.05, 4.69) is 41.1 Å². The van der Waals surface area contributed by atoms with Crippen LogP contribution in [0.3, 0.4) is 0 Å². The second-order valence-electron chi connectivity index (χ2n) is 6.53. The van der Waals surface area contributed by atoms with Gasteiger partial charge in [0.1, 0.15) is 11.6 Å². The lowest BCUT2D eigenvalue weighted by Gasteiger charge is -2.36. The topological polar surface area (TPSA) is 49.3 Å². The molecule has 1 fully saturated rings. The number of anilines is 1. The van der Waals surface area contributed by atoms with E-state index in [1.165, 1.54) is 11.1 Å². The second-order valence-corrected chi connectivity index (χ2v) is 6.53. The highest BCUT2D eigenvalue weighted by atomic mass is 16.2. The Morgan fingerprint density at radius 1 is 1.08 bits per heavy atom. The fourth-order valence-electron chi connectivity index (χ4n) is 3.41. The van der Waals surface area contributed by atoms with Gasteiger partial charge in [0.15, 0.2) is 0 Å². The molecule has 1 aromatic carbocycles.